The van der Waals surface area contributed by atoms with Crippen molar-refractivity contribution in [2.24, 2.45) is 0 Å². The van der Waals surface area contributed by atoms with Crippen molar-refractivity contribution in [1.29, 1.82) is 0 Å². The fourth-order valence-electron chi connectivity index (χ4n) is 0.432. The van der Waals surface area contributed by atoms with Gasteiger partial charge in [0.1, 0.15) is 6.61 Å². The molecule has 2 nitrogen and oxygen atoms in total. The summed E-state index contributed by atoms with van der Waals surface area (Å²) >= 11 is 0. The summed E-state index contributed by atoms with van der Waals surface area (Å²) < 4.78 is 5.00. The largest absolute Gasteiger partial charge is 0.373 e. The molecule has 0 radical (unpaired) electrons. The molecular formula is C8H14O2. The Morgan fingerprint density at radius 2 is 2.20 bits per heavy atom. The topological polar surface area (TPSA) is 26.3 Å². The van der Waals surface area contributed by atoms with Gasteiger partial charge in [-0.15, -0.1) is 0 Å². The molecule has 0 atom stereocenters. The molecular weight excluding hydrogens is 128 g/mol. The number of hydrogen-bond acceptors (Lipinski definition) is 2. The lowest BCUT2D eigenvalue weighted by Crippen LogP contribution is -2.09. The molecule has 0 N–H and O–H groups in total. The van der Waals surface area contributed by atoms with Crippen LogP contribution in [0.15, 0.2) is 12.2 Å². The highest BCUT2D eigenvalue weighted by molar-refractivity contribution is 5.95. The maximum Gasteiger partial charge on any atom is 0.183 e. The number of ether oxygens (including phenoxy) is 1. The predicted octanol–water partition coefficient (Wildman–Crippen LogP) is 1.56. The lowest BCUT2D eigenvalue weighted by Gasteiger charge is -1.99. The Kier molecular flexibility index (Phi) is 4.85. The van der Waals surface area contributed by atoms with Gasteiger partial charge in [0.2, 0.25) is 0 Å². The number of hydrogen-bond donors (Lipinski definition) is 0. The van der Waals surface area contributed by atoms with Crippen molar-refractivity contribution in [3.63, 3.8) is 0 Å². The van der Waals surface area contributed by atoms with Crippen LogP contribution in [0.3, 0.4) is 0 Å². The van der Waals surface area contributed by atoms with E-state index in [1.807, 2.05) is 6.92 Å². The van der Waals surface area contributed by atoms with Gasteiger partial charge in [-0.05, 0) is 18.9 Å². The van der Waals surface area contributed by atoms with Crippen molar-refractivity contribution < 1.29 is 9.53 Å². The van der Waals surface area contributed by atoms with Crippen molar-refractivity contribution in [2.75, 3.05) is 13.2 Å². The van der Waals surface area contributed by atoms with Crippen LogP contribution in [0, 0.1) is 0 Å². The van der Waals surface area contributed by atoms with Gasteiger partial charge in [-0.3, -0.25) is 4.79 Å². The minimum absolute atomic E-state index is 0.00606. The smallest absolute Gasteiger partial charge is 0.183 e. The minimum Gasteiger partial charge on any atom is -0.373 e. The third-order valence-corrected chi connectivity index (χ3v) is 1.06. The lowest BCUT2D eigenvalue weighted by molar-refractivity contribution is -0.119. The molecule has 0 unspecified atom stereocenters. The zero-order chi connectivity index (χ0) is 7.98. The Hall–Kier alpha value is -0.630. The van der Waals surface area contributed by atoms with E-state index in [-0.39, 0.29) is 12.4 Å². The molecule has 0 saturated carbocycles. The van der Waals surface area contributed by atoms with Gasteiger partial charge in [0.05, 0.1) is 0 Å². The van der Waals surface area contributed by atoms with Crippen molar-refractivity contribution in [2.45, 2.75) is 20.3 Å². The second-order valence-corrected chi connectivity index (χ2v) is 2.26. The van der Waals surface area contributed by atoms with E-state index in [2.05, 4.69) is 6.58 Å². The van der Waals surface area contributed by atoms with Crippen molar-refractivity contribution in [3.05, 3.63) is 12.2 Å². The first-order valence-electron chi connectivity index (χ1n) is 3.45. The molecule has 0 heterocycles. The summed E-state index contributed by atoms with van der Waals surface area (Å²) in [6.45, 7) is 8.04. The zero-order valence-corrected chi connectivity index (χ0v) is 6.64. The second-order valence-electron chi connectivity index (χ2n) is 2.26. The molecule has 0 aliphatic heterocycles. The highest BCUT2D eigenvalue weighted by atomic mass is 16.5. The normalized spacial score (nSPS) is 9.40. The van der Waals surface area contributed by atoms with Crippen LogP contribution in [0.25, 0.3) is 0 Å². The summed E-state index contributed by atoms with van der Waals surface area (Å²) in [6, 6.07) is 0. The molecule has 10 heavy (non-hydrogen) atoms. The standard InChI is InChI=1S/C8H14O2/c1-4-5-10-6-8(9)7(2)3/h2,4-6H2,1,3H3. The summed E-state index contributed by atoms with van der Waals surface area (Å²) in [7, 11) is 0. The maximum absolute atomic E-state index is 10.8. The second kappa shape index (κ2) is 5.18. The summed E-state index contributed by atoms with van der Waals surface area (Å²) in [4.78, 5) is 10.8. The van der Waals surface area contributed by atoms with E-state index < -0.39 is 0 Å². The molecule has 0 rings (SSSR count). The van der Waals surface area contributed by atoms with Crippen LogP contribution in [0.4, 0.5) is 0 Å². The molecule has 0 aromatic carbocycles. The number of ketones is 1. The molecule has 0 spiro atoms. The van der Waals surface area contributed by atoms with Crippen LogP contribution in [0.1, 0.15) is 20.3 Å². The molecule has 0 bridgehead atoms. The first-order valence-corrected chi connectivity index (χ1v) is 3.45. The van der Waals surface area contributed by atoms with Crippen molar-refractivity contribution >= 4 is 5.78 Å². The number of carbonyl (C=O) groups is 1. The number of carbonyl (C=O) groups excluding carboxylic acids is 1. The Bertz CT molecular complexity index is 127. The fourth-order valence-corrected chi connectivity index (χ4v) is 0.432. The highest BCUT2D eigenvalue weighted by Crippen LogP contribution is 1.90. The van der Waals surface area contributed by atoms with Crippen LogP contribution < -0.4 is 0 Å². The van der Waals surface area contributed by atoms with E-state index in [9.17, 15) is 4.79 Å². The fraction of sp³-hybridized carbons (Fsp3) is 0.625. The third-order valence-electron chi connectivity index (χ3n) is 1.06. The van der Waals surface area contributed by atoms with Crippen LogP contribution in [0.2, 0.25) is 0 Å². The molecule has 2 heteroatoms. The van der Waals surface area contributed by atoms with Gasteiger partial charge in [0.25, 0.3) is 0 Å². The summed E-state index contributed by atoms with van der Waals surface area (Å²) in [6.07, 6.45) is 0.948. The minimum atomic E-state index is -0.00606. The quantitative estimate of drug-likeness (QED) is 0.430. The van der Waals surface area contributed by atoms with Gasteiger partial charge in [-0.25, -0.2) is 0 Å². The van der Waals surface area contributed by atoms with E-state index in [1.165, 1.54) is 0 Å². The van der Waals surface area contributed by atoms with Crippen LogP contribution in [-0.2, 0) is 9.53 Å². The highest BCUT2D eigenvalue weighted by Gasteiger charge is 1.99. The number of rotatable bonds is 5. The van der Waals surface area contributed by atoms with Gasteiger partial charge in [-0.2, -0.15) is 0 Å². The first-order chi connectivity index (χ1) is 4.68. The molecule has 0 aliphatic rings. The van der Waals surface area contributed by atoms with Gasteiger partial charge in [-0.1, -0.05) is 13.5 Å². The van der Waals surface area contributed by atoms with Crippen molar-refractivity contribution in [3.8, 4) is 0 Å². The molecule has 0 fully saturated rings. The summed E-state index contributed by atoms with van der Waals surface area (Å²) in [5.74, 6) is -0.00606. The van der Waals surface area contributed by atoms with E-state index in [4.69, 9.17) is 4.74 Å². The zero-order valence-electron chi connectivity index (χ0n) is 6.64. The predicted molar refractivity (Wildman–Crippen MR) is 40.9 cm³/mol. The SMILES string of the molecule is C=C(C)C(=O)COCCC. The molecule has 0 saturated heterocycles. The first kappa shape index (κ1) is 9.37. The number of Topliss-reactive ketones (excluding diaryl/α,β-unsaturated/α-hetero) is 1. The molecule has 0 aliphatic carbocycles. The van der Waals surface area contributed by atoms with E-state index in [0.29, 0.717) is 12.2 Å². The molecule has 0 aromatic heterocycles. The maximum atomic E-state index is 10.8. The Morgan fingerprint density at radius 3 is 2.60 bits per heavy atom. The monoisotopic (exact) mass is 142 g/mol. The van der Waals surface area contributed by atoms with Gasteiger partial charge in [0.15, 0.2) is 5.78 Å². The van der Waals surface area contributed by atoms with E-state index in [1.54, 1.807) is 6.92 Å². The average Bonchev–Trinajstić information content (AvgIpc) is 1.88. The third kappa shape index (κ3) is 4.27. The summed E-state index contributed by atoms with van der Waals surface area (Å²) in [5, 5.41) is 0. The Labute approximate surface area is 61.9 Å². The van der Waals surface area contributed by atoms with Gasteiger partial charge in [0, 0.05) is 6.61 Å². The van der Waals surface area contributed by atoms with E-state index in [0.717, 1.165) is 6.42 Å². The van der Waals surface area contributed by atoms with Crippen molar-refractivity contribution in [1.82, 2.24) is 0 Å². The van der Waals surface area contributed by atoms with E-state index >= 15 is 0 Å². The molecule has 0 amide bonds. The van der Waals surface area contributed by atoms with Crippen LogP contribution >= 0.6 is 0 Å². The van der Waals surface area contributed by atoms with Gasteiger partial charge >= 0.3 is 0 Å². The van der Waals surface area contributed by atoms with Crippen LogP contribution in [0.5, 0.6) is 0 Å². The molecule has 58 valence electrons. The average molecular weight is 142 g/mol. The Balaban J connectivity index is 3.31. The van der Waals surface area contributed by atoms with Crippen LogP contribution in [-0.4, -0.2) is 19.0 Å². The summed E-state index contributed by atoms with van der Waals surface area (Å²) in [5.41, 5.74) is 0.566. The Morgan fingerprint density at radius 1 is 1.60 bits per heavy atom. The molecule has 0 aromatic rings. The lowest BCUT2D eigenvalue weighted by atomic mass is 10.2. The van der Waals surface area contributed by atoms with Gasteiger partial charge < -0.3 is 4.74 Å².